The minimum absolute atomic E-state index is 0.000469. The SMILES string of the molecule is CC(C)(C)OC(=O)NC1CC(Oc2nc(Cl)ncc2C2CCOCC2)C1. The van der Waals surface area contributed by atoms with Gasteiger partial charge in [0.25, 0.3) is 0 Å². The van der Waals surface area contributed by atoms with Crippen LogP contribution in [0.2, 0.25) is 5.28 Å². The van der Waals surface area contributed by atoms with Crippen LogP contribution >= 0.6 is 11.6 Å². The number of carbonyl (C=O) groups is 1. The van der Waals surface area contributed by atoms with Gasteiger partial charge in [-0.25, -0.2) is 9.78 Å². The summed E-state index contributed by atoms with van der Waals surface area (Å²) in [5, 5.41) is 3.04. The molecule has 2 aliphatic rings. The van der Waals surface area contributed by atoms with Crippen LogP contribution in [0.15, 0.2) is 6.20 Å². The van der Waals surface area contributed by atoms with Gasteiger partial charge in [0.1, 0.15) is 11.7 Å². The summed E-state index contributed by atoms with van der Waals surface area (Å²) in [7, 11) is 0. The Balaban J connectivity index is 1.54. The number of carbonyl (C=O) groups excluding carboxylic acids is 1. The summed E-state index contributed by atoms with van der Waals surface area (Å²) in [6.45, 7) is 7.00. The van der Waals surface area contributed by atoms with E-state index in [-0.39, 0.29) is 17.4 Å². The zero-order valence-corrected chi connectivity index (χ0v) is 16.2. The van der Waals surface area contributed by atoms with Crippen molar-refractivity contribution in [2.24, 2.45) is 0 Å². The standard InChI is InChI=1S/C18H26ClN3O4/c1-18(2,3)26-17(23)21-12-8-13(9-12)25-15-14(10-20-16(19)22-15)11-4-6-24-7-5-11/h10-13H,4-9H2,1-3H3,(H,21,23). The average Bonchev–Trinajstić information content (AvgIpc) is 2.52. The van der Waals surface area contributed by atoms with Crippen molar-refractivity contribution in [3.8, 4) is 5.88 Å². The van der Waals surface area contributed by atoms with Crippen molar-refractivity contribution in [1.82, 2.24) is 15.3 Å². The van der Waals surface area contributed by atoms with Gasteiger partial charge in [-0.15, -0.1) is 0 Å². The predicted octanol–water partition coefficient (Wildman–Crippen LogP) is 3.46. The van der Waals surface area contributed by atoms with Gasteiger partial charge in [-0.2, -0.15) is 4.98 Å². The number of aromatic nitrogens is 2. The largest absolute Gasteiger partial charge is 0.474 e. The number of hydrogen-bond donors (Lipinski definition) is 1. The maximum absolute atomic E-state index is 11.8. The summed E-state index contributed by atoms with van der Waals surface area (Å²) >= 11 is 5.96. The lowest BCUT2D eigenvalue weighted by Crippen LogP contribution is -2.50. The van der Waals surface area contributed by atoms with E-state index in [1.54, 1.807) is 6.20 Å². The second-order valence-corrected chi connectivity index (χ2v) is 8.18. The van der Waals surface area contributed by atoms with Gasteiger partial charge in [-0.3, -0.25) is 0 Å². The fourth-order valence-electron chi connectivity index (χ4n) is 3.15. The first kappa shape index (κ1) is 19.2. The number of rotatable bonds is 4. The molecule has 0 bridgehead atoms. The van der Waals surface area contributed by atoms with Crippen LogP contribution in [0.4, 0.5) is 4.79 Å². The third-order valence-electron chi connectivity index (χ3n) is 4.51. The van der Waals surface area contributed by atoms with Gasteiger partial charge >= 0.3 is 6.09 Å². The van der Waals surface area contributed by atoms with Crippen molar-refractivity contribution < 1.29 is 19.0 Å². The smallest absolute Gasteiger partial charge is 0.407 e. The van der Waals surface area contributed by atoms with Gasteiger partial charge < -0.3 is 19.5 Å². The molecule has 7 nitrogen and oxygen atoms in total. The summed E-state index contributed by atoms with van der Waals surface area (Å²) in [5.41, 5.74) is 0.487. The van der Waals surface area contributed by atoms with E-state index in [1.807, 2.05) is 20.8 Å². The lowest BCUT2D eigenvalue weighted by molar-refractivity contribution is 0.0348. The molecule has 0 atom stereocenters. The maximum atomic E-state index is 11.8. The number of nitrogens with zero attached hydrogens (tertiary/aromatic N) is 2. The highest BCUT2D eigenvalue weighted by Gasteiger charge is 2.34. The van der Waals surface area contributed by atoms with Crippen LogP contribution in [0.1, 0.15) is 57.9 Å². The molecule has 1 aromatic rings. The number of ether oxygens (including phenoxy) is 3. The van der Waals surface area contributed by atoms with Crippen molar-refractivity contribution in [1.29, 1.82) is 0 Å². The van der Waals surface area contributed by atoms with Crippen LogP contribution in [0, 0.1) is 0 Å². The molecule has 1 saturated heterocycles. The van der Waals surface area contributed by atoms with Crippen molar-refractivity contribution in [2.45, 2.75) is 70.1 Å². The van der Waals surface area contributed by atoms with Crippen LogP contribution in [0.25, 0.3) is 0 Å². The summed E-state index contributed by atoms with van der Waals surface area (Å²) in [6, 6.07) is 0.0543. The first-order valence-corrected chi connectivity index (χ1v) is 9.44. The molecule has 2 fully saturated rings. The van der Waals surface area contributed by atoms with Gasteiger partial charge in [-0.1, -0.05) is 0 Å². The van der Waals surface area contributed by atoms with Crippen LogP contribution < -0.4 is 10.1 Å². The zero-order chi connectivity index (χ0) is 18.7. The summed E-state index contributed by atoms with van der Waals surface area (Å²) < 4.78 is 16.8. The molecule has 1 saturated carbocycles. The van der Waals surface area contributed by atoms with Crippen LogP contribution in [-0.4, -0.2) is 47.0 Å². The zero-order valence-electron chi connectivity index (χ0n) is 15.5. The fourth-order valence-corrected chi connectivity index (χ4v) is 3.28. The third-order valence-corrected chi connectivity index (χ3v) is 4.69. The Kier molecular flexibility index (Phi) is 5.87. The van der Waals surface area contributed by atoms with Crippen molar-refractivity contribution in [2.75, 3.05) is 13.2 Å². The predicted molar refractivity (Wildman–Crippen MR) is 96.6 cm³/mol. The van der Waals surface area contributed by atoms with E-state index in [9.17, 15) is 4.79 Å². The fraction of sp³-hybridized carbons (Fsp3) is 0.722. The van der Waals surface area contributed by atoms with E-state index in [4.69, 9.17) is 25.8 Å². The average molecular weight is 384 g/mol. The van der Waals surface area contributed by atoms with Gasteiger partial charge in [0.2, 0.25) is 11.2 Å². The highest BCUT2D eigenvalue weighted by molar-refractivity contribution is 6.28. The molecule has 0 radical (unpaired) electrons. The lowest BCUT2D eigenvalue weighted by Gasteiger charge is -2.36. The molecule has 26 heavy (non-hydrogen) atoms. The third kappa shape index (κ3) is 5.20. The number of alkyl carbamates (subject to hydrolysis) is 1. The molecular weight excluding hydrogens is 358 g/mol. The van der Waals surface area contributed by atoms with E-state index < -0.39 is 11.7 Å². The molecule has 1 aliphatic carbocycles. The van der Waals surface area contributed by atoms with E-state index in [0.29, 0.717) is 24.6 Å². The topological polar surface area (TPSA) is 82.6 Å². The van der Waals surface area contributed by atoms with Crippen LogP contribution in [0.3, 0.4) is 0 Å². The Morgan fingerprint density at radius 3 is 2.65 bits per heavy atom. The van der Waals surface area contributed by atoms with E-state index in [2.05, 4.69) is 15.3 Å². The number of halogens is 1. The molecule has 144 valence electrons. The molecule has 1 aliphatic heterocycles. The van der Waals surface area contributed by atoms with Crippen LogP contribution in [0.5, 0.6) is 5.88 Å². The Labute approximate surface area is 158 Å². The quantitative estimate of drug-likeness (QED) is 0.802. The molecule has 1 N–H and O–H groups in total. The molecule has 0 unspecified atom stereocenters. The summed E-state index contributed by atoms with van der Waals surface area (Å²) in [6.07, 6.45) is 4.65. The second-order valence-electron chi connectivity index (χ2n) is 7.84. The molecule has 3 rings (SSSR count). The summed E-state index contributed by atoms with van der Waals surface area (Å²) in [4.78, 5) is 20.2. The van der Waals surface area contributed by atoms with Crippen LogP contribution in [-0.2, 0) is 9.47 Å². The monoisotopic (exact) mass is 383 g/mol. The number of nitrogens with one attached hydrogen (secondary N) is 1. The molecule has 0 aromatic carbocycles. The first-order valence-electron chi connectivity index (χ1n) is 9.06. The maximum Gasteiger partial charge on any atom is 0.407 e. The Morgan fingerprint density at radius 2 is 2.00 bits per heavy atom. The molecule has 1 aromatic heterocycles. The molecular formula is C18H26ClN3O4. The normalized spacial score (nSPS) is 23.8. The van der Waals surface area contributed by atoms with Gasteiger partial charge in [0.05, 0.1) is 0 Å². The highest BCUT2D eigenvalue weighted by Crippen LogP contribution is 2.35. The molecule has 0 spiro atoms. The minimum Gasteiger partial charge on any atom is -0.474 e. The number of amides is 1. The van der Waals surface area contributed by atoms with Crippen molar-refractivity contribution >= 4 is 17.7 Å². The Hall–Kier alpha value is -1.60. The highest BCUT2D eigenvalue weighted by atomic mass is 35.5. The molecule has 2 heterocycles. The van der Waals surface area contributed by atoms with Gasteiger partial charge in [0.15, 0.2) is 0 Å². The number of hydrogen-bond acceptors (Lipinski definition) is 6. The lowest BCUT2D eigenvalue weighted by atomic mass is 9.89. The van der Waals surface area contributed by atoms with E-state index in [0.717, 1.165) is 31.6 Å². The molecule has 8 heteroatoms. The van der Waals surface area contributed by atoms with E-state index >= 15 is 0 Å². The van der Waals surface area contributed by atoms with Gasteiger partial charge in [0, 0.05) is 43.9 Å². The first-order chi connectivity index (χ1) is 12.3. The molecule has 1 amide bonds. The Morgan fingerprint density at radius 1 is 1.31 bits per heavy atom. The summed E-state index contributed by atoms with van der Waals surface area (Å²) in [5.74, 6) is 0.879. The Bertz CT molecular complexity index is 638. The van der Waals surface area contributed by atoms with E-state index in [1.165, 1.54) is 0 Å². The second kappa shape index (κ2) is 7.96. The van der Waals surface area contributed by atoms with Crippen molar-refractivity contribution in [3.63, 3.8) is 0 Å². The van der Waals surface area contributed by atoms with Gasteiger partial charge in [-0.05, 0) is 51.1 Å². The minimum atomic E-state index is -0.500. The van der Waals surface area contributed by atoms with Crippen molar-refractivity contribution in [3.05, 3.63) is 17.0 Å².